The van der Waals surface area contributed by atoms with Crippen molar-refractivity contribution in [3.8, 4) is 5.75 Å². The molecule has 0 bridgehead atoms. The lowest BCUT2D eigenvalue weighted by molar-refractivity contribution is 0.0547. The molecule has 0 saturated carbocycles. The van der Waals surface area contributed by atoms with Gasteiger partial charge in [-0.15, -0.1) is 0 Å². The van der Waals surface area contributed by atoms with Gasteiger partial charge in [-0.25, -0.2) is 0 Å². The number of hydrogen-bond acceptors (Lipinski definition) is 3. The van der Waals surface area contributed by atoms with Crippen molar-refractivity contribution < 1.29 is 9.47 Å². The van der Waals surface area contributed by atoms with E-state index in [-0.39, 0.29) is 0 Å². The SMILES string of the molecule is COc1ccc(C(C)NC(C)C2CCOCC2)cc1Br. The van der Waals surface area contributed by atoms with Crippen molar-refractivity contribution in [1.82, 2.24) is 5.32 Å². The van der Waals surface area contributed by atoms with Gasteiger partial charge in [-0.05, 0) is 66.2 Å². The maximum atomic E-state index is 5.43. The van der Waals surface area contributed by atoms with Crippen molar-refractivity contribution in [2.24, 2.45) is 5.92 Å². The smallest absolute Gasteiger partial charge is 0.133 e. The fraction of sp³-hybridized carbons (Fsp3) is 0.625. The van der Waals surface area contributed by atoms with E-state index < -0.39 is 0 Å². The van der Waals surface area contributed by atoms with Crippen LogP contribution in [0.25, 0.3) is 0 Å². The summed E-state index contributed by atoms with van der Waals surface area (Å²) in [5.74, 6) is 1.59. The first-order valence-electron chi connectivity index (χ1n) is 7.29. The van der Waals surface area contributed by atoms with Crippen LogP contribution in [-0.2, 0) is 4.74 Å². The van der Waals surface area contributed by atoms with Crippen molar-refractivity contribution >= 4 is 15.9 Å². The Morgan fingerprint density at radius 1 is 1.30 bits per heavy atom. The molecule has 1 aromatic carbocycles. The van der Waals surface area contributed by atoms with E-state index in [0.29, 0.717) is 18.0 Å². The molecule has 1 aliphatic heterocycles. The van der Waals surface area contributed by atoms with Crippen LogP contribution in [0.4, 0.5) is 0 Å². The molecule has 1 saturated heterocycles. The molecule has 1 aromatic rings. The minimum Gasteiger partial charge on any atom is -0.496 e. The molecule has 20 heavy (non-hydrogen) atoms. The molecule has 2 atom stereocenters. The lowest BCUT2D eigenvalue weighted by atomic mass is 9.92. The molecular weight excluding hydrogens is 318 g/mol. The van der Waals surface area contributed by atoms with Crippen LogP contribution in [0.1, 0.15) is 38.3 Å². The molecule has 112 valence electrons. The largest absolute Gasteiger partial charge is 0.496 e. The number of methoxy groups -OCH3 is 1. The molecule has 2 rings (SSSR count). The van der Waals surface area contributed by atoms with Crippen molar-refractivity contribution in [3.05, 3.63) is 28.2 Å². The van der Waals surface area contributed by atoms with E-state index in [0.717, 1.165) is 36.3 Å². The number of halogens is 1. The van der Waals surface area contributed by atoms with Gasteiger partial charge in [0.2, 0.25) is 0 Å². The predicted molar refractivity (Wildman–Crippen MR) is 85.2 cm³/mol. The fourth-order valence-corrected chi connectivity index (χ4v) is 3.35. The second kappa shape index (κ2) is 7.43. The van der Waals surface area contributed by atoms with Gasteiger partial charge in [-0.1, -0.05) is 6.07 Å². The summed E-state index contributed by atoms with van der Waals surface area (Å²) in [6.45, 7) is 6.30. The van der Waals surface area contributed by atoms with Gasteiger partial charge in [0, 0.05) is 25.3 Å². The van der Waals surface area contributed by atoms with Gasteiger partial charge >= 0.3 is 0 Å². The summed E-state index contributed by atoms with van der Waals surface area (Å²) in [7, 11) is 1.69. The molecule has 1 aliphatic rings. The number of nitrogens with one attached hydrogen (secondary N) is 1. The van der Waals surface area contributed by atoms with Crippen molar-refractivity contribution in [2.75, 3.05) is 20.3 Å². The van der Waals surface area contributed by atoms with Crippen LogP contribution < -0.4 is 10.1 Å². The second-order valence-corrected chi connectivity index (χ2v) is 6.38. The molecule has 3 nitrogen and oxygen atoms in total. The Hall–Kier alpha value is -0.580. The van der Waals surface area contributed by atoms with E-state index in [1.54, 1.807) is 7.11 Å². The minimum atomic E-state index is 0.329. The van der Waals surface area contributed by atoms with E-state index in [9.17, 15) is 0 Å². The zero-order chi connectivity index (χ0) is 14.5. The van der Waals surface area contributed by atoms with Crippen LogP contribution in [0.3, 0.4) is 0 Å². The minimum absolute atomic E-state index is 0.329. The van der Waals surface area contributed by atoms with Gasteiger partial charge in [-0.3, -0.25) is 0 Å². The quantitative estimate of drug-likeness (QED) is 0.880. The predicted octanol–water partition coefficient (Wildman–Crippen LogP) is 3.92. The summed E-state index contributed by atoms with van der Waals surface area (Å²) >= 11 is 3.55. The normalized spacial score (nSPS) is 19.6. The van der Waals surface area contributed by atoms with Crippen LogP contribution in [-0.4, -0.2) is 26.4 Å². The molecule has 2 unspecified atom stereocenters. The fourth-order valence-electron chi connectivity index (χ4n) is 2.79. The van der Waals surface area contributed by atoms with E-state index in [4.69, 9.17) is 9.47 Å². The maximum Gasteiger partial charge on any atom is 0.133 e. The van der Waals surface area contributed by atoms with Gasteiger partial charge in [0.25, 0.3) is 0 Å². The Kier molecular flexibility index (Phi) is 5.87. The number of ether oxygens (including phenoxy) is 2. The Morgan fingerprint density at radius 3 is 2.60 bits per heavy atom. The van der Waals surface area contributed by atoms with E-state index in [2.05, 4.69) is 47.2 Å². The van der Waals surface area contributed by atoms with Crippen LogP contribution in [0.2, 0.25) is 0 Å². The topological polar surface area (TPSA) is 30.5 Å². The van der Waals surface area contributed by atoms with Crippen LogP contribution in [0.15, 0.2) is 22.7 Å². The highest BCUT2D eigenvalue weighted by Crippen LogP contribution is 2.29. The molecule has 0 spiro atoms. The summed E-state index contributed by atoms with van der Waals surface area (Å²) < 4.78 is 11.7. The molecule has 0 aromatic heterocycles. The van der Waals surface area contributed by atoms with Crippen LogP contribution in [0.5, 0.6) is 5.75 Å². The molecule has 1 fully saturated rings. The molecule has 4 heteroatoms. The van der Waals surface area contributed by atoms with Crippen molar-refractivity contribution in [1.29, 1.82) is 0 Å². The summed E-state index contributed by atoms with van der Waals surface area (Å²) in [6, 6.07) is 7.10. The number of benzene rings is 1. The van der Waals surface area contributed by atoms with Gasteiger partial charge in [-0.2, -0.15) is 0 Å². The monoisotopic (exact) mass is 341 g/mol. The lowest BCUT2D eigenvalue weighted by Crippen LogP contribution is -2.38. The standard InChI is InChI=1S/C16H24BrNO2/c1-11(13-6-8-20-9-7-13)18-12(2)14-4-5-16(19-3)15(17)10-14/h4-5,10-13,18H,6-9H2,1-3H3. The zero-order valence-electron chi connectivity index (χ0n) is 12.5. The average Bonchev–Trinajstić information content (AvgIpc) is 2.48. The summed E-state index contributed by atoms with van der Waals surface area (Å²) in [5, 5.41) is 3.71. The molecule has 0 amide bonds. The molecule has 1 N–H and O–H groups in total. The highest BCUT2D eigenvalue weighted by molar-refractivity contribution is 9.10. The Bertz CT molecular complexity index is 432. The average molecular weight is 342 g/mol. The maximum absolute atomic E-state index is 5.43. The van der Waals surface area contributed by atoms with Gasteiger partial charge in [0.15, 0.2) is 0 Å². The van der Waals surface area contributed by atoms with E-state index in [1.807, 2.05) is 6.07 Å². The third-order valence-corrected chi connectivity index (χ3v) is 4.78. The summed E-state index contributed by atoms with van der Waals surface area (Å²) in [6.07, 6.45) is 2.32. The van der Waals surface area contributed by atoms with Crippen molar-refractivity contribution in [2.45, 2.75) is 38.8 Å². The second-order valence-electron chi connectivity index (χ2n) is 5.52. The first-order chi connectivity index (χ1) is 9.61. The molecular formula is C16H24BrNO2. The van der Waals surface area contributed by atoms with Crippen LogP contribution in [0, 0.1) is 5.92 Å². The van der Waals surface area contributed by atoms with Gasteiger partial charge in [0.1, 0.15) is 5.75 Å². The summed E-state index contributed by atoms with van der Waals surface area (Å²) in [5.41, 5.74) is 1.27. The highest BCUT2D eigenvalue weighted by atomic mass is 79.9. The third-order valence-electron chi connectivity index (χ3n) is 4.16. The summed E-state index contributed by atoms with van der Waals surface area (Å²) in [4.78, 5) is 0. The third kappa shape index (κ3) is 3.96. The Morgan fingerprint density at radius 2 is 2.00 bits per heavy atom. The van der Waals surface area contributed by atoms with Gasteiger partial charge in [0.05, 0.1) is 11.6 Å². The van der Waals surface area contributed by atoms with Gasteiger partial charge < -0.3 is 14.8 Å². The number of rotatable bonds is 5. The Balaban J connectivity index is 1.96. The first kappa shape index (κ1) is 15.8. The lowest BCUT2D eigenvalue weighted by Gasteiger charge is -2.31. The number of hydrogen-bond donors (Lipinski definition) is 1. The van der Waals surface area contributed by atoms with E-state index in [1.165, 1.54) is 5.56 Å². The highest BCUT2D eigenvalue weighted by Gasteiger charge is 2.22. The Labute approximate surface area is 130 Å². The van der Waals surface area contributed by atoms with Crippen LogP contribution >= 0.6 is 15.9 Å². The molecule has 0 aliphatic carbocycles. The zero-order valence-corrected chi connectivity index (χ0v) is 14.1. The van der Waals surface area contributed by atoms with Crippen molar-refractivity contribution in [3.63, 3.8) is 0 Å². The van der Waals surface area contributed by atoms with E-state index >= 15 is 0 Å². The first-order valence-corrected chi connectivity index (χ1v) is 8.08. The molecule has 1 heterocycles. The molecule has 0 radical (unpaired) electrons.